The fourth-order valence-corrected chi connectivity index (χ4v) is 5.17. The topological polar surface area (TPSA) is 52.7 Å². The van der Waals surface area contributed by atoms with Gasteiger partial charge in [-0.25, -0.2) is 0 Å². The Morgan fingerprint density at radius 2 is 1.58 bits per heavy atom. The van der Waals surface area contributed by atoms with Gasteiger partial charge in [-0.2, -0.15) is 17.4 Å². The van der Waals surface area contributed by atoms with E-state index in [1.165, 1.54) is 0 Å². The number of piperidine rings is 1. The molecule has 0 amide bonds. The van der Waals surface area contributed by atoms with Crippen molar-refractivity contribution in [3.63, 3.8) is 0 Å². The third-order valence-corrected chi connectivity index (χ3v) is 5.85. The van der Waals surface area contributed by atoms with Gasteiger partial charge < -0.3 is 4.90 Å². The largest absolute Gasteiger partial charge is 0.304 e. The Kier molecular flexibility index (Phi) is 4.55. The van der Waals surface area contributed by atoms with E-state index in [0.29, 0.717) is 30.8 Å². The zero-order valence-corrected chi connectivity index (χ0v) is 13.3. The van der Waals surface area contributed by atoms with E-state index in [9.17, 15) is 8.42 Å². The zero-order valence-electron chi connectivity index (χ0n) is 12.5. The summed E-state index contributed by atoms with van der Waals surface area (Å²) in [5.74, 6) is 1.27. The number of nitrogens with one attached hydrogen (secondary N) is 1. The van der Waals surface area contributed by atoms with Crippen LogP contribution in [0.3, 0.4) is 0 Å². The Hall–Kier alpha value is -0.170. The lowest BCUT2D eigenvalue weighted by Gasteiger charge is -2.35. The average Bonchev–Trinajstić information content (AvgIpc) is 2.55. The van der Waals surface area contributed by atoms with Crippen molar-refractivity contribution >= 4 is 10.2 Å². The van der Waals surface area contributed by atoms with E-state index in [2.05, 4.69) is 30.4 Å². The Labute approximate surface area is 117 Å². The van der Waals surface area contributed by atoms with Gasteiger partial charge in [-0.05, 0) is 31.2 Å². The van der Waals surface area contributed by atoms with Crippen molar-refractivity contribution < 1.29 is 8.42 Å². The van der Waals surface area contributed by atoms with Gasteiger partial charge in [0.2, 0.25) is 0 Å². The molecule has 0 aromatic carbocycles. The molecule has 19 heavy (non-hydrogen) atoms. The first-order valence-electron chi connectivity index (χ1n) is 7.24. The van der Waals surface area contributed by atoms with Crippen LogP contribution in [0.4, 0.5) is 0 Å². The Morgan fingerprint density at radius 1 is 1.00 bits per heavy atom. The molecule has 0 saturated carbocycles. The summed E-state index contributed by atoms with van der Waals surface area (Å²) in [5.41, 5.74) is 0. The van der Waals surface area contributed by atoms with E-state index in [-0.39, 0.29) is 6.04 Å². The summed E-state index contributed by atoms with van der Waals surface area (Å²) in [6.07, 6.45) is 1.12. The summed E-state index contributed by atoms with van der Waals surface area (Å²) >= 11 is 0. The van der Waals surface area contributed by atoms with Crippen LogP contribution in [-0.2, 0) is 10.2 Å². The van der Waals surface area contributed by atoms with Gasteiger partial charge in [0.05, 0.1) is 0 Å². The van der Waals surface area contributed by atoms with Crippen LogP contribution in [0.5, 0.6) is 0 Å². The molecule has 0 spiro atoms. The van der Waals surface area contributed by atoms with Crippen molar-refractivity contribution in [2.24, 2.45) is 17.8 Å². The summed E-state index contributed by atoms with van der Waals surface area (Å²) in [5, 5.41) is 0. The fraction of sp³-hybridized carbons (Fsp3) is 1.00. The minimum Gasteiger partial charge on any atom is -0.304 e. The van der Waals surface area contributed by atoms with Crippen molar-refractivity contribution in [1.82, 2.24) is 13.9 Å². The SMILES string of the molecule is CC1CC(C)CN(S(=O)(=O)NC2CN(C)CC2C)C1. The summed E-state index contributed by atoms with van der Waals surface area (Å²) < 4.78 is 29.5. The van der Waals surface area contributed by atoms with Crippen molar-refractivity contribution in [1.29, 1.82) is 0 Å². The van der Waals surface area contributed by atoms with Gasteiger partial charge in [-0.3, -0.25) is 0 Å². The van der Waals surface area contributed by atoms with Crippen LogP contribution in [0, 0.1) is 17.8 Å². The van der Waals surface area contributed by atoms with Crippen LogP contribution in [-0.4, -0.2) is 56.9 Å². The lowest BCUT2D eigenvalue weighted by Crippen LogP contribution is -2.51. The Morgan fingerprint density at radius 3 is 2.05 bits per heavy atom. The monoisotopic (exact) mass is 289 g/mol. The van der Waals surface area contributed by atoms with Crippen molar-refractivity contribution in [2.45, 2.75) is 33.2 Å². The number of rotatable bonds is 3. The van der Waals surface area contributed by atoms with Gasteiger partial charge >= 0.3 is 0 Å². The van der Waals surface area contributed by atoms with Crippen LogP contribution >= 0.6 is 0 Å². The minimum atomic E-state index is -3.33. The standard InChI is InChI=1S/C13H27N3O2S/c1-10-5-11(2)7-16(6-10)19(17,18)14-13-9-15(4)8-12(13)3/h10-14H,5-9H2,1-4H3. The number of hydrogen-bond donors (Lipinski definition) is 1. The number of likely N-dealkylation sites (N-methyl/N-ethyl adjacent to an activating group) is 1. The molecule has 0 aliphatic carbocycles. The molecule has 4 unspecified atom stereocenters. The summed E-state index contributed by atoms with van der Waals surface area (Å²) in [6, 6.07) is 0.0440. The molecule has 0 bridgehead atoms. The maximum absolute atomic E-state index is 12.5. The number of likely N-dealkylation sites (tertiary alicyclic amines) is 1. The summed E-state index contributed by atoms with van der Waals surface area (Å²) in [4.78, 5) is 2.18. The maximum atomic E-state index is 12.5. The van der Waals surface area contributed by atoms with Gasteiger partial charge in [0.25, 0.3) is 10.2 Å². The minimum absolute atomic E-state index is 0.0440. The molecule has 2 aliphatic heterocycles. The molecule has 2 rings (SSSR count). The lowest BCUT2D eigenvalue weighted by atomic mass is 9.94. The van der Waals surface area contributed by atoms with Crippen LogP contribution in [0.1, 0.15) is 27.2 Å². The van der Waals surface area contributed by atoms with Crippen molar-refractivity contribution in [3.05, 3.63) is 0 Å². The highest BCUT2D eigenvalue weighted by atomic mass is 32.2. The van der Waals surface area contributed by atoms with E-state index in [4.69, 9.17) is 0 Å². The van der Waals surface area contributed by atoms with Gasteiger partial charge in [0.1, 0.15) is 0 Å². The number of nitrogens with zero attached hydrogens (tertiary/aromatic N) is 2. The van der Waals surface area contributed by atoms with Gasteiger partial charge in [0, 0.05) is 32.2 Å². The Bertz CT molecular complexity index is 402. The van der Waals surface area contributed by atoms with Crippen molar-refractivity contribution in [3.8, 4) is 0 Å². The highest BCUT2D eigenvalue weighted by Crippen LogP contribution is 2.24. The molecule has 112 valence electrons. The van der Waals surface area contributed by atoms with Crippen LogP contribution in [0.2, 0.25) is 0 Å². The third-order valence-electron chi connectivity index (χ3n) is 4.27. The van der Waals surface area contributed by atoms with Gasteiger partial charge in [-0.1, -0.05) is 20.8 Å². The third kappa shape index (κ3) is 3.68. The predicted molar refractivity (Wildman–Crippen MR) is 77.0 cm³/mol. The quantitative estimate of drug-likeness (QED) is 0.834. The van der Waals surface area contributed by atoms with Crippen LogP contribution in [0.25, 0.3) is 0 Å². The second-order valence-corrected chi connectivity index (χ2v) is 8.39. The smallest absolute Gasteiger partial charge is 0.279 e. The zero-order chi connectivity index (χ0) is 14.2. The lowest BCUT2D eigenvalue weighted by molar-refractivity contribution is 0.219. The molecule has 0 radical (unpaired) electrons. The van der Waals surface area contributed by atoms with E-state index in [1.807, 2.05) is 7.05 Å². The Balaban J connectivity index is 2.02. The van der Waals surface area contributed by atoms with Gasteiger partial charge in [-0.15, -0.1) is 0 Å². The molecule has 2 fully saturated rings. The molecule has 1 N–H and O–H groups in total. The van der Waals surface area contributed by atoms with Gasteiger partial charge in [0.15, 0.2) is 0 Å². The average molecular weight is 289 g/mol. The molecule has 2 heterocycles. The first-order chi connectivity index (χ1) is 8.78. The summed E-state index contributed by atoms with van der Waals surface area (Å²) in [6.45, 7) is 9.43. The first-order valence-corrected chi connectivity index (χ1v) is 8.68. The summed E-state index contributed by atoms with van der Waals surface area (Å²) in [7, 11) is -1.29. The molecule has 2 saturated heterocycles. The normalized spacial score (nSPS) is 38.7. The molecule has 5 nitrogen and oxygen atoms in total. The molecule has 6 heteroatoms. The van der Waals surface area contributed by atoms with Crippen LogP contribution in [0.15, 0.2) is 0 Å². The van der Waals surface area contributed by atoms with E-state index < -0.39 is 10.2 Å². The second-order valence-electron chi connectivity index (χ2n) is 6.69. The number of hydrogen-bond acceptors (Lipinski definition) is 3. The second kappa shape index (κ2) is 5.68. The maximum Gasteiger partial charge on any atom is 0.279 e. The molecular weight excluding hydrogens is 262 g/mol. The highest BCUT2D eigenvalue weighted by Gasteiger charge is 2.35. The van der Waals surface area contributed by atoms with E-state index in [0.717, 1.165) is 19.5 Å². The molecule has 2 aliphatic rings. The van der Waals surface area contributed by atoms with E-state index >= 15 is 0 Å². The molecule has 0 aromatic heterocycles. The fourth-order valence-electron chi connectivity index (χ4n) is 3.43. The van der Waals surface area contributed by atoms with Crippen molar-refractivity contribution in [2.75, 3.05) is 33.2 Å². The molecular formula is C13H27N3O2S. The first kappa shape index (κ1) is 15.2. The van der Waals surface area contributed by atoms with E-state index in [1.54, 1.807) is 4.31 Å². The molecule has 4 atom stereocenters. The highest BCUT2D eigenvalue weighted by molar-refractivity contribution is 7.87. The van der Waals surface area contributed by atoms with Crippen LogP contribution < -0.4 is 4.72 Å². The molecule has 0 aromatic rings. The predicted octanol–water partition coefficient (Wildman–Crippen LogP) is 0.749.